The first kappa shape index (κ1) is 10.4. The van der Waals surface area contributed by atoms with Crippen molar-refractivity contribution in [2.45, 2.75) is 0 Å². The number of rotatable bonds is 2. The van der Waals surface area contributed by atoms with E-state index < -0.39 is 0 Å². The second-order valence-corrected chi connectivity index (χ2v) is 3.42. The second-order valence-electron chi connectivity index (χ2n) is 2.98. The van der Waals surface area contributed by atoms with E-state index in [9.17, 15) is 0 Å². The van der Waals surface area contributed by atoms with Crippen LogP contribution in [0.15, 0.2) is 28.7 Å². The number of hydrogen-bond acceptors (Lipinski definition) is 5. The van der Waals surface area contributed by atoms with Crippen LogP contribution in [0.4, 0.5) is 11.7 Å². The quantitative estimate of drug-likeness (QED) is 0.666. The number of anilines is 2. The normalized spacial score (nSPS) is 10.0. The van der Waals surface area contributed by atoms with E-state index in [1.165, 1.54) is 0 Å². The molecule has 82 valence electrons. The Balaban J connectivity index is 2.43. The lowest BCUT2D eigenvalue weighted by atomic mass is 10.2. The highest BCUT2D eigenvalue weighted by molar-refractivity contribution is 7.80. The largest absolute Gasteiger partial charge is 0.403 e. The molecular weight excluding hydrogens is 226 g/mol. The SMILES string of the molecule is NC(=S)Nc1ccccc1-c1nnc(N)o1. The van der Waals surface area contributed by atoms with Crippen LogP contribution >= 0.6 is 12.2 Å². The molecule has 0 unspecified atom stereocenters. The molecule has 0 aliphatic heterocycles. The Labute approximate surface area is 96.6 Å². The summed E-state index contributed by atoms with van der Waals surface area (Å²) in [6, 6.07) is 7.28. The highest BCUT2D eigenvalue weighted by atomic mass is 32.1. The second kappa shape index (κ2) is 4.15. The van der Waals surface area contributed by atoms with E-state index in [4.69, 9.17) is 28.1 Å². The highest BCUT2D eigenvalue weighted by Crippen LogP contribution is 2.26. The Bertz CT molecular complexity index is 524. The summed E-state index contributed by atoms with van der Waals surface area (Å²) in [5.41, 5.74) is 12.1. The zero-order valence-electron chi connectivity index (χ0n) is 8.18. The fraction of sp³-hybridized carbons (Fsp3) is 0. The van der Waals surface area contributed by atoms with Crippen LogP contribution in [0, 0.1) is 0 Å². The molecule has 1 heterocycles. The first-order chi connectivity index (χ1) is 7.66. The van der Waals surface area contributed by atoms with Gasteiger partial charge in [0.25, 0.3) is 5.89 Å². The van der Waals surface area contributed by atoms with E-state index in [0.717, 1.165) is 0 Å². The van der Waals surface area contributed by atoms with Gasteiger partial charge in [-0.2, -0.15) is 0 Å². The molecule has 0 bridgehead atoms. The van der Waals surface area contributed by atoms with Crippen LogP contribution < -0.4 is 16.8 Å². The van der Waals surface area contributed by atoms with Crippen LogP contribution in [0.2, 0.25) is 0 Å². The van der Waals surface area contributed by atoms with E-state index in [0.29, 0.717) is 17.1 Å². The first-order valence-electron chi connectivity index (χ1n) is 4.41. The monoisotopic (exact) mass is 235 g/mol. The molecule has 0 saturated carbocycles. The summed E-state index contributed by atoms with van der Waals surface area (Å²) in [7, 11) is 0. The van der Waals surface area contributed by atoms with Crippen LogP contribution in [0.5, 0.6) is 0 Å². The lowest BCUT2D eigenvalue weighted by Crippen LogP contribution is -2.19. The highest BCUT2D eigenvalue weighted by Gasteiger charge is 2.11. The van der Waals surface area contributed by atoms with Gasteiger partial charge in [0.1, 0.15) is 0 Å². The van der Waals surface area contributed by atoms with Gasteiger partial charge < -0.3 is 21.2 Å². The minimum Gasteiger partial charge on any atom is -0.403 e. The number of nitrogen functional groups attached to an aromatic ring is 1. The lowest BCUT2D eigenvalue weighted by molar-refractivity contribution is 0.590. The third kappa shape index (κ3) is 2.09. The zero-order valence-corrected chi connectivity index (χ0v) is 8.99. The van der Waals surface area contributed by atoms with Gasteiger partial charge in [0.2, 0.25) is 0 Å². The molecule has 5 N–H and O–H groups in total. The summed E-state index contributed by atoms with van der Waals surface area (Å²) in [5, 5.41) is 10.4. The molecular formula is C9H9N5OS. The van der Waals surface area contributed by atoms with E-state index >= 15 is 0 Å². The van der Waals surface area contributed by atoms with Crippen molar-refractivity contribution in [3.63, 3.8) is 0 Å². The molecule has 6 nitrogen and oxygen atoms in total. The van der Waals surface area contributed by atoms with E-state index in [1.54, 1.807) is 12.1 Å². The Morgan fingerprint density at radius 1 is 1.31 bits per heavy atom. The molecule has 0 aliphatic carbocycles. The molecule has 0 aliphatic rings. The predicted octanol–water partition coefficient (Wildman–Crippen LogP) is 0.974. The number of aromatic nitrogens is 2. The smallest absolute Gasteiger partial charge is 0.313 e. The van der Waals surface area contributed by atoms with E-state index in [1.807, 2.05) is 12.1 Å². The minimum atomic E-state index is 0.0140. The van der Waals surface area contributed by atoms with Gasteiger partial charge in [0.05, 0.1) is 11.3 Å². The van der Waals surface area contributed by atoms with Crippen LogP contribution in [0.3, 0.4) is 0 Å². The molecule has 1 aromatic heterocycles. The average molecular weight is 235 g/mol. The predicted molar refractivity (Wildman–Crippen MR) is 64.6 cm³/mol. The maximum Gasteiger partial charge on any atom is 0.313 e. The van der Waals surface area contributed by atoms with Crippen LogP contribution in [0.25, 0.3) is 11.5 Å². The van der Waals surface area contributed by atoms with Gasteiger partial charge in [-0.1, -0.05) is 17.2 Å². The molecule has 7 heteroatoms. The average Bonchev–Trinajstić information content (AvgIpc) is 2.65. The maximum atomic E-state index is 5.41. The standard InChI is InChI=1S/C9H9N5OS/c10-8-14-13-7(15-8)5-3-1-2-4-6(5)12-9(11)16/h1-4H,(H2,10,14)(H3,11,12,16). The molecule has 1 aromatic carbocycles. The Morgan fingerprint density at radius 2 is 2.06 bits per heavy atom. The van der Waals surface area contributed by atoms with Gasteiger partial charge in [-0.3, -0.25) is 0 Å². The summed E-state index contributed by atoms with van der Waals surface area (Å²) in [5.74, 6) is 0.317. The summed E-state index contributed by atoms with van der Waals surface area (Å²) in [6.45, 7) is 0. The van der Waals surface area contributed by atoms with Gasteiger partial charge in [-0.15, -0.1) is 5.10 Å². The lowest BCUT2D eigenvalue weighted by Gasteiger charge is -2.06. The summed E-state index contributed by atoms with van der Waals surface area (Å²) in [4.78, 5) is 0. The van der Waals surface area contributed by atoms with Gasteiger partial charge in [-0.05, 0) is 24.4 Å². The van der Waals surface area contributed by atoms with Gasteiger partial charge in [-0.25, -0.2) is 0 Å². The van der Waals surface area contributed by atoms with Crippen molar-refractivity contribution in [2.24, 2.45) is 5.73 Å². The number of thiocarbonyl (C=S) groups is 1. The van der Waals surface area contributed by atoms with Crippen LogP contribution in [-0.2, 0) is 0 Å². The van der Waals surface area contributed by atoms with Crippen molar-refractivity contribution in [2.75, 3.05) is 11.1 Å². The number of benzene rings is 1. The number of nitrogens with two attached hydrogens (primary N) is 2. The first-order valence-corrected chi connectivity index (χ1v) is 4.82. The van der Waals surface area contributed by atoms with Crippen molar-refractivity contribution in [1.29, 1.82) is 0 Å². The Morgan fingerprint density at radius 3 is 2.69 bits per heavy atom. The van der Waals surface area contributed by atoms with E-state index in [2.05, 4.69) is 15.5 Å². The van der Waals surface area contributed by atoms with Crippen molar-refractivity contribution >= 4 is 29.0 Å². The van der Waals surface area contributed by atoms with Gasteiger partial charge in [0, 0.05) is 0 Å². The van der Waals surface area contributed by atoms with Crippen molar-refractivity contribution in [1.82, 2.24) is 10.2 Å². The summed E-state index contributed by atoms with van der Waals surface area (Å²) < 4.78 is 5.12. The zero-order chi connectivity index (χ0) is 11.5. The minimum absolute atomic E-state index is 0.0140. The van der Waals surface area contributed by atoms with Crippen LogP contribution in [0.1, 0.15) is 0 Å². The summed E-state index contributed by atoms with van der Waals surface area (Å²) in [6.07, 6.45) is 0. The maximum absolute atomic E-state index is 5.41. The molecule has 16 heavy (non-hydrogen) atoms. The van der Waals surface area contributed by atoms with Gasteiger partial charge in [0.15, 0.2) is 5.11 Å². The number of nitrogens with one attached hydrogen (secondary N) is 1. The molecule has 0 spiro atoms. The molecule has 2 rings (SSSR count). The third-order valence-corrected chi connectivity index (χ3v) is 1.96. The molecule has 0 fully saturated rings. The molecule has 0 amide bonds. The number of para-hydroxylation sites is 1. The molecule has 0 atom stereocenters. The van der Waals surface area contributed by atoms with Crippen molar-refractivity contribution in [3.8, 4) is 11.5 Å². The molecule has 0 radical (unpaired) electrons. The van der Waals surface area contributed by atoms with Gasteiger partial charge >= 0.3 is 6.01 Å². The fourth-order valence-electron chi connectivity index (χ4n) is 1.25. The van der Waals surface area contributed by atoms with Crippen molar-refractivity contribution < 1.29 is 4.42 Å². The summed E-state index contributed by atoms with van der Waals surface area (Å²) >= 11 is 4.77. The molecule has 0 saturated heterocycles. The number of hydrogen-bond donors (Lipinski definition) is 3. The Kier molecular flexibility index (Phi) is 2.69. The molecule has 2 aromatic rings. The fourth-order valence-corrected chi connectivity index (χ4v) is 1.36. The van der Waals surface area contributed by atoms with Crippen molar-refractivity contribution in [3.05, 3.63) is 24.3 Å². The third-order valence-electron chi connectivity index (χ3n) is 1.86. The number of nitrogens with zero attached hydrogens (tertiary/aromatic N) is 2. The van der Waals surface area contributed by atoms with E-state index in [-0.39, 0.29) is 11.1 Å². The van der Waals surface area contributed by atoms with Crippen LogP contribution in [-0.4, -0.2) is 15.3 Å². The topological polar surface area (TPSA) is 103 Å². The Hall–Kier alpha value is -2.15.